The number of hydrogen-bond acceptors (Lipinski definition) is 5. The average Bonchev–Trinajstić information content (AvgIpc) is 3.27. The molecule has 0 radical (unpaired) electrons. The quantitative estimate of drug-likeness (QED) is 0.386. The second kappa shape index (κ2) is 11.5. The molecule has 3 rings (SSSR count). The van der Waals surface area contributed by atoms with E-state index in [1.807, 2.05) is 45.0 Å². The summed E-state index contributed by atoms with van der Waals surface area (Å²) in [4.78, 5) is 12.6. The molecule has 6 heteroatoms. The van der Waals surface area contributed by atoms with Crippen LogP contribution in [0.1, 0.15) is 66.6 Å². The number of hydrogen-bond donors (Lipinski definition) is 1. The fourth-order valence-corrected chi connectivity index (χ4v) is 3.44. The van der Waals surface area contributed by atoms with Gasteiger partial charge in [-0.2, -0.15) is 0 Å². The number of furan rings is 1. The number of aryl methyl sites for hydroxylation is 1. The van der Waals surface area contributed by atoms with E-state index in [1.54, 1.807) is 12.1 Å². The van der Waals surface area contributed by atoms with Crippen molar-refractivity contribution in [1.82, 2.24) is 5.32 Å². The van der Waals surface area contributed by atoms with Crippen LogP contribution in [0.5, 0.6) is 17.2 Å². The smallest absolute Gasteiger partial charge is 0.287 e. The van der Waals surface area contributed by atoms with E-state index < -0.39 is 0 Å². The first-order chi connectivity index (χ1) is 15.9. The van der Waals surface area contributed by atoms with E-state index in [9.17, 15) is 4.79 Å². The van der Waals surface area contributed by atoms with Crippen LogP contribution >= 0.6 is 0 Å². The lowest BCUT2D eigenvalue weighted by Gasteiger charge is -2.14. The average molecular weight is 452 g/mol. The van der Waals surface area contributed by atoms with Crippen molar-refractivity contribution < 1.29 is 23.4 Å². The molecule has 0 atom stereocenters. The number of carbonyl (C=O) groups is 1. The van der Waals surface area contributed by atoms with Gasteiger partial charge in [0.2, 0.25) is 0 Å². The van der Waals surface area contributed by atoms with Gasteiger partial charge in [-0.3, -0.25) is 4.79 Å². The van der Waals surface area contributed by atoms with Crippen LogP contribution in [0.2, 0.25) is 0 Å². The van der Waals surface area contributed by atoms with Crippen molar-refractivity contribution in [2.45, 2.75) is 53.7 Å². The van der Waals surface area contributed by atoms with Crippen LogP contribution in [0.15, 0.2) is 52.9 Å². The largest absolute Gasteiger partial charge is 0.490 e. The molecular weight excluding hydrogens is 418 g/mol. The molecule has 0 saturated carbocycles. The number of amides is 1. The molecule has 0 unspecified atom stereocenters. The van der Waals surface area contributed by atoms with Gasteiger partial charge in [0.15, 0.2) is 17.3 Å². The van der Waals surface area contributed by atoms with E-state index in [2.05, 4.69) is 31.3 Å². The Bertz CT molecular complexity index is 1070. The molecule has 1 aromatic heterocycles. The topological polar surface area (TPSA) is 69.9 Å². The Balaban J connectivity index is 1.59. The number of benzene rings is 2. The molecule has 2 aromatic carbocycles. The molecule has 0 aliphatic rings. The molecule has 6 nitrogen and oxygen atoms in total. The van der Waals surface area contributed by atoms with Crippen LogP contribution < -0.4 is 19.5 Å². The molecule has 0 fully saturated rings. The summed E-state index contributed by atoms with van der Waals surface area (Å²) in [5.41, 5.74) is 3.19. The molecule has 0 bridgehead atoms. The summed E-state index contributed by atoms with van der Waals surface area (Å²) in [6, 6.07) is 15.3. The van der Waals surface area contributed by atoms with E-state index in [-0.39, 0.29) is 18.3 Å². The minimum atomic E-state index is -0.286. The summed E-state index contributed by atoms with van der Waals surface area (Å²) in [5.74, 6) is 3.11. The fraction of sp³-hybridized carbons (Fsp3) is 0.370. The van der Waals surface area contributed by atoms with Gasteiger partial charge in [0.05, 0.1) is 13.2 Å². The van der Waals surface area contributed by atoms with Crippen LogP contribution in [0.4, 0.5) is 0 Å². The Morgan fingerprint density at radius 2 is 1.67 bits per heavy atom. The predicted molar refractivity (Wildman–Crippen MR) is 128 cm³/mol. The second-order valence-electron chi connectivity index (χ2n) is 8.08. The normalized spacial score (nSPS) is 10.8. The first kappa shape index (κ1) is 24.2. The van der Waals surface area contributed by atoms with Crippen LogP contribution in [-0.2, 0) is 13.2 Å². The van der Waals surface area contributed by atoms with Crippen LogP contribution in [0, 0.1) is 6.92 Å². The molecular formula is C27H33NO5. The number of ether oxygens (including phenoxy) is 3. The molecule has 1 N–H and O–H groups in total. The van der Waals surface area contributed by atoms with Crippen LogP contribution in [-0.4, -0.2) is 19.1 Å². The number of rotatable bonds is 11. The number of nitrogens with one attached hydrogen (secondary N) is 1. The Morgan fingerprint density at radius 3 is 2.39 bits per heavy atom. The van der Waals surface area contributed by atoms with Crippen molar-refractivity contribution >= 4 is 5.91 Å². The van der Waals surface area contributed by atoms with Gasteiger partial charge in [0.1, 0.15) is 18.1 Å². The third-order valence-electron chi connectivity index (χ3n) is 5.11. The zero-order chi connectivity index (χ0) is 23.8. The monoisotopic (exact) mass is 451 g/mol. The lowest BCUT2D eigenvalue weighted by molar-refractivity contribution is 0.0919. The first-order valence-electron chi connectivity index (χ1n) is 11.4. The first-order valence-corrected chi connectivity index (χ1v) is 11.4. The van der Waals surface area contributed by atoms with Gasteiger partial charge in [-0.1, -0.05) is 32.0 Å². The molecule has 33 heavy (non-hydrogen) atoms. The maximum atomic E-state index is 12.6. The fourth-order valence-electron chi connectivity index (χ4n) is 3.44. The molecule has 0 aliphatic carbocycles. The van der Waals surface area contributed by atoms with Crippen LogP contribution in [0.25, 0.3) is 0 Å². The van der Waals surface area contributed by atoms with Crippen molar-refractivity contribution in [3.8, 4) is 17.2 Å². The highest BCUT2D eigenvalue weighted by Gasteiger charge is 2.14. The highest BCUT2D eigenvalue weighted by atomic mass is 16.5. The predicted octanol–water partition coefficient (Wildman–Crippen LogP) is 6.02. The Labute approximate surface area is 195 Å². The summed E-state index contributed by atoms with van der Waals surface area (Å²) < 4.78 is 23.0. The summed E-state index contributed by atoms with van der Waals surface area (Å²) in [7, 11) is 0. The zero-order valence-corrected chi connectivity index (χ0v) is 20.1. The standard InChI is InChI=1S/C27H33NO5/c1-6-30-23-12-9-20(15-26(23)31-7-2)16-28-27(29)24-13-10-21(33-24)17-32-25-14-19(5)8-11-22(25)18(3)4/h8-15,18H,6-7,16-17H2,1-5H3,(H,28,29). The SMILES string of the molecule is CCOc1ccc(CNC(=O)c2ccc(COc3cc(C)ccc3C(C)C)o2)cc1OCC. The van der Waals surface area contributed by atoms with Gasteiger partial charge < -0.3 is 23.9 Å². The minimum absolute atomic E-state index is 0.248. The van der Waals surface area contributed by atoms with Gasteiger partial charge in [0, 0.05) is 6.54 Å². The van der Waals surface area contributed by atoms with Crippen molar-refractivity contribution in [1.29, 1.82) is 0 Å². The van der Waals surface area contributed by atoms with Crippen molar-refractivity contribution in [3.05, 3.63) is 76.7 Å². The van der Waals surface area contributed by atoms with E-state index in [0.29, 0.717) is 42.9 Å². The van der Waals surface area contributed by atoms with Crippen LogP contribution in [0.3, 0.4) is 0 Å². The van der Waals surface area contributed by atoms with E-state index in [1.165, 1.54) is 0 Å². The summed E-state index contributed by atoms with van der Waals surface area (Å²) in [6.07, 6.45) is 0. The molecule has 0 saturated heterocycles. The molecule has 176 valence electrons. The van der Waals surface area contributed by atoms with Gasteiger partial charge in [-0.25, -0.2) is 0 Å². The van der Waals surface area contributed by atoms with Gasteiger partial charge in [-0.15, -0.1) is 0 Å². The molecule has 1 heterocycles. The van der Waals surface area contributed by atoms with Crippen molar-refractivity contribution in [2.75, 3.05) is 13.2 Å². The van der Waals surface area contributed by atoms with Crippen molar-refractivity contribution in [3.63, 3.8) is 0 Å². The Hall–Kier alpha value is -3.41. The summed E-state index contributed by atoms with van der Waals surface area (Å²) >= 11 is 0. The molecule has 3 aromatic rings. The Morgan fingerprint density at radius 1 is 0.909 bits per heavy atom. The van der Waals surface area contributed by atoms with E-state index >= 15 is 0 Å². The summed E-state index contributed by atoms with van der Waals surface area (Å²) in [6.45, 7) is 11.8. The van der Waals surface area contributed by atoms with E-state index in [0.717, 1.165) is 22.4 Å². The van der Waals surface area contributed by atoms with Gasteiger partial charge in [-0.05, 0) is 73.7 Å². The van der Waals surface area contributed by atoms with Gasteiger partial charge >= 0.3 is 0 Å². The minimum Gasteiger partial charge on any atom is -0.490 e. The molecule has 0 spiro atoms. The lowest BCUT2D eigenvalue weighted by atomic mass is 10.0. The highest BCUT2D eigenvalue weighted by Crippen LogP contribution is 2.29. The van der Waals surface area contributed by atoms with Gasteiger partial charge in [0.25, 0.3) is 5.91 Å². The third-order valence-corrected chi connectivity index (χ3v) is 5.11. The molecule has 1 amide bonds. The van der Waals surface area contributed by atoms with E-state index in [4.69, 9.17) is 18.6 Å². The number of carbonyl (C=O) groups excluding carboxylic acids is 1. The maximum absolute atomic E-state index is 12.6. The highest BCUT2D eigenvalue weighted by molar-refractivity contribution is 5.91. The maximum Gasteiger partial charge on any atom is 0.287 e. The Kier molecular flexibility index (Phi) is 8.41. The lowest BCUT2D eigenvalue weighted by Crippen LogP contribution is -2.22. The molecule has 0 aliphatic heterocycles. The zero-order valence-electron chi connectivity index (χ0n) is 20.1. The summed E-state index contributed by atoms with van der Waals surface area (Å²) in [5, 5.41) is 2.88. The third kappa shape index (κ3) is 6.54. The van der Waals surface area contributed by atoms with Crippen molar-refractivity contribution in [2.24, 2.45) is 0 Å². The second-order valence-corrected chi connectivity index (χ2v) is 8.08.